The van der Waals surface area contributed by atoms with Crippen molar-refractivity contribution < 1.29 is 18.0 Å². The number of carbonyl (C=O) groups excluding carboxylic acids is 1. The third-order valence-corrected chi connectivity index (χ3v) is 6.84. The van der Waals surface area contributed by atoms with Gasteiger partial charge in [-0.05, 0) is 56.2 Å². The Balaban J connectivity index is 1.46. The van der Waals surface area contributed by atoms with Crippen LogP contribution in [0.25, 0.3) is 22.9 Å². The normalized spacial score (nSPS) is 12.9. The van der Waals surface area contributed by atoms with Gasteiger partial charge in [0.05, 0.1) is 18.3 Å². The third kappa shape index (κ3) is 5.53. The first-order valence-corrected chi connectivity index (χ1v) is 12.6. The molecular weight excluding hydrogens is 507 g/mol. The number of benzene rings is 2. The number of nitrogens with zero attached hydrogens (tertiary/aromatic N) is 5. The van der Waals surface area contributed by atoms with Crippen LogP contribution in [0.5, 0.6) is 0 Å². The second-order valence-electron chi connectivity index (χ2n) is 9.31. The number of aryl methyl sites for hydroxylation is 1. The third-order valence-electron chi connectivity index (χ3n) is 5.89. The van der Waals surface area contributed by atoms with Crippen LogP contribution >= 0.6 is 11.3 Å². The van der Waals surface area contributed by atoms with E-state index in [1.807, 2.05) is 12.3 Å². The molecule has 0 fully saturated rings. The van der Waals surface area contributed by atoms with Gasteiger partial charge in [-0.3, -0.25) is 4.79 Å². The zero-order valence-electron chi connectivity index (χ0n) is 21.0. The van der Waals surface area contributed by atoms with Gasteiger partial charge in [0.1, 0.15) is 17.1 Å². The van der Waals surface area contributed by atoms with E-state index in [2.05, 4.69) is 20.2 Å². The van der Waals surface area contributed by atoms with Crippen LogP contribution in [0.2, 0.25) is 0 Å². The summed E-state index contributed by atoms with van der Waals surface area (Å²) in [6.07, 6.45) is 3.34. The molecule has 0 aliphatic carbocycles. The van der Waals surface area contributed by atoms with E-state index in [4.69, 9.17) is 14.6 Å². The summed E-state index contributed by atoms with van der Waals surface area (Å²) >= 11 is 1.50. The molecule has 0 spiro atoms. The first-order chi connectivity index (χ1) is 18.2. The van der Waals surface area contributed by atoms with E-state index >= 15 is 0 Å². The van der Waals surface area contributed by atoms with Gasteiger partial charge in [0, 0.05) is 34.8 Å². The van der Waals surface area contributed by atoms with E-state index in [0.717, 1.165) is 16.3 Å². The first kappa shape index (κ1) is 25.4. The molecule has 3 heterocycles. The Hall–Kier alpha value is -4.22. The summed E-state index contributed by atoms with van der Waals surface area (Å²) in [5, 5.41) is 11.2. The summed E-state index contributed by atoms with van der Waals surface area (Å²) in [5.41, 5.74) is 8.74. The second-order valence-corrected chi connectivity index (χ2v) is 10.3. The fourth-order valence-corrected chi connectivity index (χ4v) is 4.83. The number of hydrogen-bond acceptors (Lipinski definition) is 9. The van der Waals surface area contributed by atoms with Gasteiger partial charge in [0.2, 0.25) is 17.7 Å². The predicted octanol–water partition coefficient (Wildman–Crippen LogP) is 4.98. The van der Waals surface area contributed by atoms with Crippen LogP contribution < -0.4 is 5.73 Å². The van der Waals surface area contributed by atoms with Gasteiger partial charge < -0.3 is 19.5 Å². The summed E-state index contributed by atoms with van der Waals surface area (Å²) in [7, 11) is 1.72. The van der Waals surface area contributed by atoms with E-state index in [1.165, 1.54) is 35.9 Å². The molecule has 1 atom stereocenters. The summed E-state index contributed by atoms with van der Waals surface area (Å²) in [6.45, 7) is 4.05. The van der Waals surface area contributed by atoms with Gasteiger partial charge >= 0.3 is 0 Å². The molecule has 2 aromatic carbocycles. The Morgan fingerprint density at radius 3 is 2.53 bits per heavy atom. The maximum Gasteiger partial charge on any atom is 0.254 e. The number of halogens is 1. The van der Waals surface area contributed by atoms with E-state index in [0.29, 0.717) is 35.5 Å². The molecule has 3 aromatic heterocycles. The molecule has 194 valence electrons. The Kier molecular flexibility index (Phi) is 6.87. The standard InChI is InChI=1S/C27H25FN6O3S/c1-16-15-38-22(31-16)14-34(3)25(35)20-11-18(23-30-8-9-36-23)10-19(12-20)24-32-33-26(37-24)27(2,29)13-17-4-6-21(28)7-5-17/h4-12,15H,13-14,29H2,1-3H3/t27-/m1/s1. The smallest absolute Gasteiger partial charge is 0.254 e. The maximum absolute atomic E-state index is 13.4. The summed E-state index contributed by atoms with van der Waals surface area (Å²) < 4.78 is 24.8. The van der Waals surface area contributed by atoms with Gasteiger partial charge in [0.15, 0.2) is 0 Å². The molecule has 5 rings (SSSR count). The van der Waals surface area contributed by atoms with Gasteiger partial charge in [-0.25, -0.2) is 14.4 Å². The fraction of sp³-hybridized carbons (Fsp3) is 0.222. The monoisotopic (exact) mass is 532 g/mol. The minimum atomic E-state index is -1.01. The van der Waals surface area contributed by atoms with Crippen LogP contribution in [-0.2, 0) is 18.5 Å². The van der Waals surface area contributed by atoms with Crippen molar-refractivity contribution in [3.63, 3.8) is 0 Å². The molecule has 0 radical (unpaired) electrons. The molecule has 1 amide bonds. The van der Waals surface area contributed by atoms with Gasteiger partial charge in [0.25, 0.3) is 5.91 Å². The second kappa shape index (κ2) is 10.3. The van der Waals surface area contributed by atoms with Crippen molar-refractivity contribution in [2.45, 2.75) is 32.4 Å². The number of thiazole rings is 1. The highest BCUT2D eigenvalue weighted by Gasteiger charge is 2.29. The Morgan fingerprint density at radius 2 is 1.87 bits per heavy atom. The van der Waals surface area contributed by atoms with E-state index in [-0.39, 0.29) is 23.5 Å². The van der Waals surface area contributed by atoms with Crippen molar-refractivity contribution in [3.8, 4) is 22.9 Å². The summed E-state index contributed by atoms with van der Waals surface area (Å²) in [6, 6.07) is 11.2. The lowest BCUT2D eigenvalue weighted by Gasteiger charge is -2.20. The predicted molar refractivity (Wildman–Crippen MR) is 140 cm³/mol. The van der Waals surface area contributed by atoms with Crippen molar-refractivity contribution in [2.75, 3.05) is 7.05 Å². The SMILES string of the molecule is Cc1csc(CN(C)C(=O)c2cc(-c3ncco3)cc(-c3nnc([C@](C)(N)Cc4ccc(F)cc4)o3)c2)n1. The number of amides is 1. The molecule has 0 aliphatic rings. The highest BCUT2D eigenvalue weighted by molar-refractivity contribution is 7.09. The fourth-order valence-electron chi connectivity index (χ4n) is 4.01. The lowest BCUT2D eigenvalue weighted by molar-refractivity contribution is 0.0785. The van der Waals surface area contributed by atoms with Gasteiger partial charge in [-0.1, -0.05) is 12.1 Å². The molecule has 2 N–H and O–H groups in total. The van der Waals surface area contributed by atoms with Crippen LogP contribution in [0.1, 0.15) is 39.4 Å². The molecule has 38 heavy (non-hydrogen) atoms. The quantitative estimate of drug-likeness (QED) is 0.297. The van der Waals surface area contributed by atoms with Crippen molar-refractivity contribution in [2.24, 2.45) is 5.73 Å². The van der Waals surface area contributed by atoms with Crippen LogP contribution in [0, 0.1) is 12.7 Å². The van der Waals surface area contributed by atoms with Crippen molar-refractivity contribution in [1.29, 1.82) is 0 Å². The summed E-state index contributed by atoms with van der Waals surface area (Å²) in [5.74, 6) is 0.209. The van der Waals surface area contributed by atoms with E-state index in [1.54, 1.807) is 49.2 Å². The number of hydrogen-bond donors (Lipinski definition) is 1. The molecule has 0 saturated heterocycles. The Labute approximate surface area is 222 Å². The largest absolute Gasteiger partial charge is 0.445 e. The van der Waals surface area contributed by atoms with Crippen LogP contribution in [0.3, 0.4) is 0 Å². The molecule has 0 unspecified atom stereocenters. The number of aromatic nitrogens is 4. The van der Waals surface area contributed by atoms with E-state index in [9.17, 15) is 9.18 Å². The van der Waals surface area contributed by atoms with E-state index < -0.39 is 5.54 Å². The van der Waals surface area contributed by atoms with Crippen molar-refractivity contribution in [3.05, 3.63) is 93.8 Å². The highest BCUT2D eigenvalue weighted by atomic mass is 32.1. The lowest BCUT2D eigenvalue weighted by atomic mass is 9.94. The highest BCUT2D eigenvalue weighted by Crippen LogP contribution is 2.30. The molecule has 9 nitrogen and oxygen atoms in total. The minimum absolute atomic E-state index is 0.191. The summed E-state index contributed by atoms with van der Waals surface area (Å²) in [4.78, 5) is 23.7. The number of nitrogens with two attached hydrogens (primary N) is 1. The molecule has 11 heteroatoms. The van der Waals surface area contributed by atoms with Gasteiger partial charge in [-0.2, -0.15) is 0 Å². The van der Waals surface area contributed by atoms with Crippen molar-refractivity contribution >= 4 is 17.2 Å². The molecule has 0 bridgehead atoms. The molecule has 0 saturated carbocycles. The average Bonchev–Trinajstić information content (AvgIpc) is 3.67. The van der Waals surface area contributed by atoms with Crippen LogP contribution in [0.15, 0.2) is 69.1 Å². The zero-order valence-corrected chi connectivity index (χ0v) is 21.8. The number of rotatable bonds is 8. The molecular formula is C27H25FN6O3S. The Morgan fingerprint density at radius 1 is 1.13 bits per heavy atom. The molecule has 0 aliphatic heterocycles. The Bertz CT molecular complexity index is 1560. The minimum Gasteiger partial charge on any atom is -0.445 e. The van der Waals surface area contributed by atoms with Crippen LogP contribution in [0.4, 0.5) is 4.39 Å². The number of oxazole rings is 1. The lowest BCUT2D eigenvalue weighted by Crippen LogP contribution is -2.35. The maximum atomic E-state index is 13.4. The zero-order chi connectivity index (χ0) is 26.9. The average molecular weight is 533 g/mol. The topological polar surface area (TPSA) is 124 Å². The first-order valence-electron chi connectivity index (χ1n) is 11.8. The van der Waals surface area contributed by atoms with Crippen molar-refractivity contribution in [1.82, 2.24) is 25.1 Å². The number of carbonyl (C=O) groups is 1. The molecule has 5 aromatic rings. The van der Waals surface area contributed by atoms with Crippen LogP contribution in [-0.4, -0.2) is 38.0 Å². The van der Waals surface area contributed by atoms with Gasteiger partial charge in [-0.15, -0.1) is 21.5 Å².